The largest absolute Gasteiger partial charge is 0.507 e. The van der Waals surface area contributed by atoms with Gasteiger partial charge in [-0.3, -0.25) is 14.5 Å². The molecule has 1 unspecified atom stereocenters. The first kappa shape index (κ1) is 22.2. The summed E-state index contributed by atoms with van der Waals surface area (Å²) < 4.78 is 5.06. The van der Waals surface area contributed by atoms with Crippen molar-refractivity contribution in [3.05, 3.63) is 73.4 Å². The van der Waals surface area contributed by atoms with Gasteiger partial charge in [-0.15, -0.1) is 11.3 Å². The molecule has 164 valence electrons. The van der Waals surface area contributed by atoms with Crippen molar-refractivity contribution in [2.45, 2.75) is 19.9 Å². The Labute approximate surface area is 196 Å². The fraction of sp³-hybridized carbons (Fsp3) is 0.182. The van der Waals surface area contributed by atoms with Gasteiger partial charge in [-0.2, -0.15) is 0 Å². The van der Waals surface area contributed by atoms with Crippen LogP contribution in [0.1, 0.15) is 38.8 Å². The van der Waals surface area contributed by atoms with Gasteiger partial charge >= 0.3 is 11.9 Å². The lowest BCUT2D eigenvalue weighted by atomic mass is 10.00. The second-order valence-corrected chi connectivity index (χ2v) is 9.22. The number of carbonyl (C=O) groups excluding carboxylic acids is 3. The Morgan fingerprint density at radius 1 is 1.25 bits per heavy atom. The van der Waals surface area contributed by atoms with Crippen LogP contribution in [0, 0.1) is 6.92 Å². The molecule has 3 heterocycles. The number of aromatic nitrogens is 1. The lowest BCUT2D eigenvalue weighted by molar-refractivity contribution is -0.132. The van der Waals surface area contributed by atoms with Gasteiger partial charge in [0.05, 0.1) is 17.9 Å². The van der Waals surface area contributed by atoms with Crippen LogP contribution in [-0.2, 0) is 14.3 Å². The first-order chi connectivity index (χ1) is 15.3. The minimum Gasteiger partial charge on any atom is -0.507 e. The van der Waals surface area contributed by atoms with Crippen molar-refractivity contribution in [3.8, 4) is 0 Å². The van der Waals surface area contributed by atoms with Gasteiger partial charge in [0.2, 0.25) is 0 Å². The zero-order chi connectivity index (χ0) is 23.0. The third kappa shape index (κ3) is 3.83. The predicted molar refractivity (Wildman–Crippen MR) is 123 cm³/mol. The molecule has 1 amide bonds. The van der Waals surface area contributed by atoms with Crippen molar-refractivity contribution in [2.24, 2.45) is 0 Å². The molecule has 0 saturated carbocycles. The zero-order valence-corrected chi connectivity index (χ0v) is 19.4. The molecule has 4 rings (SSSR count). The van der Waals surface area contributed by atoms with E-state index >= 15 is 0 Å². The second-order valence-electron chi connectivity index (χ2n) is 6.82. The van der Waals surface area contributed by atoms with E-state index in [2.05, 4.69) is 4.98 Å². The standard InChI is InChI=1S/C22H17ClN2O5S2/c1-3-30-21(29)19-11(2)24-22(32-19)25-16(14-5-4-10-31-14)15(18(27)20(25)28)17(26)12-6-8-13(23)9-7-12/h4-10,16,26H,3H2,1-2H3. The maximum atomic E-state index is 13.1. The summed E-state index contributed by atoms with van der Waals surface area (Å²) in [5.41, 5.74) is 0.703. The maximum Gasteiger partial charge on any atom is 0.350 e. The monoisotopic (exact) mass is 488 g/mol. The summed E-state index contributed by atoms with van der Waals surface area (Å²) in [5, 5.41) is 13.5. The SMILES string of the molecule is CCOC(=O)c1sc(N2C(=O)C(=O)C(=C(O)c3ccc(Cl)cc3)C2c2cccs2)nc1C. The van der Waals surface area contributed by atoms with Crippen molar-refractivity contribution in [3.63, 3.8) is 0 Å². The van der Waals surface area contributed by atoms with E-state index in [-0.39, 0.29) is 27.9 Å². The third-order valence-corrected chi connectivity index (χ3v) is 7.14. The molecule has 2 aromatic heterocycles. The third-order valence-electron chi connectivity index (χ3n) is 4.83. The van der Waals surface area contributed by atoms with Gasteiger partial charge in [0, 0.05) is 15.5 Å². The smallest absolute Gasteiger partial charge is 0.350 e. The van der Waals surface area contributed by atoms with E-state index in [4.69, 9.17) is 16.3 Å². The summed E-state index contributed by atoms with van der Waals surface area (Å²) in [6, 6.07) is 9.00. The minimum absolute atomic E-state index is 0.0506. The van der Waals surface area contributed by atoms with Crippen LogP contribution in [0.2, 0.25) is 5.02 Å². The van der Waals surface area contributed by atoms with Crippen LogP contribution in [0.25, 0.3) is 5.76 Å². The molecule has 0 spiro atoms. The molecule has 1 aromatic carbocycles. The quantitative estimate of drug-likeness (QED) is 0.236. The van der Waals surface area contributed by atoms with Crippen LogP contribution in [0.3, 0.4) is 0 Å². The molecular weight excluding hydrogens is 472 g/mol. The summed E-state index contributed by atoms with van der Waals surface area (Å²) in [6.07, 6.45) is 0. The average molecular weight is 489 g/mol. The summed E-state index contributed by atoms with van der Waals surface area (Å²) in [6.45, 7) is 3.53. The fourth-order valence-electron chi connectivity index (χ4n) is 3.38. The molecule has 1 aliphatic heterocycles. The van der Waals surface area contributed by atoms with Crippen molar-refractivity contribution >= 4 is 62.8 Å². The highest BCUT2D eigenvalue weighted by molar-refractivity contribution is 7.18. The lowest BCUT2D eigenvalue weighted by Gasteiger charge is -2.21. The van der Waals surface area contributed by atoms with Crippen molar-refractivity contribution in [2.75, 3.05) is 11.5 Å². The van der Waals surface area contributed by atoms with E-state index in [0.29, 0.717) is 21.2 Å². The number of aryl methyl sites for hydroxylation is 1. The maximum absolute atomic E-state index is 13.1. The Bertz CT molecular complexity index is 1230. The van der Waals surface area contributed by atoms with Crippen LogP contribution in [0.4, 0.5) is 5.13 Å². The van der Waals surface area contributed by atoms with E-state index in [1.807, 2.05) is 5.38 Å². The van der Waals surface area contributed by atoms with Gasteiger partial charge in [0.15, 0.2) is 5.13 Å². The van der Waals surface area contributed by atoms with Crippen LogP contribution < -0.4 is 4.90 Å². The number of ether oxygens (including phenoxy) is 1. The minimum atomic E-state index is -0.883. The first-order valence-electron chi connectivity index (χ1n) is 9.58. The summed E-state index contributed by atoms with van der Waals surface area (Å²) in [7, 11) is 0. The number of ketones is 1. The summed E-state index contributed by atoms with van der Waals surface area (Å²) >= 11 is 8.25. The molecule has 0 aliphatic carbocycles. The van der Waals surface area contributed by atoms with Crippen molar-refractivity contribution in [1.82, 2.24) is 4.98 Å². The molecule has 3 aromatic rings. The molecule has 0 radical (unpaired) electrons. The number of aliphatic hydroxyl groups is 1. The van der Waals surface area contributed by atoms with Gasteiger partial charge in [-0.05, 0) is 49.6 Å². The van der Waals surface area contributed by atoms with E-state index < -0.39 is 23.7 Å². The van der Waals surface area contributed by atoms with Gasteiger partial charge < -0.3 is 9.84 Å². The Balaban J connectivity index is 1.87. The molecular formula is C22H17ClN2O5S2. The Hall–Kier alpha value is -3.01. The number of hydrogen-bond acceptors (Lipinski definition) is 8. The molecule has 0 bridgehead atoms. The zero-order valence-electron chi connectivity index (χ0n) is 17.0. The highest BCUT2D eigenvalue weighted by Gasteiger charge is 2.48. The number of anilines is 1. The second kappa shape index (κ2) is 8.85. The number of carbonyl (C=O) groups is 3. The van der Waals surface area contributed by atoms with Crippen molar-refractivity contribution in [1.29, 1.82) is 0 Å². The molecule has 1 fully saturated rings. The molecule has 10 heteroatoms. The lowest BCUT2D eigenvalue weighted by Crippen LogP contribution is -2.29. The molecule has 1 saturated heterocycles. The number of Topliss-reactive ketones (excluding diaryl/α,β-unsaturated/α-hetero) is 1. The molecule has 1 aliphatic rings. The van der Waals surface area contributed by atoms with Crippen LogP contribution >= 0.6 is 34.3 Å². The number of rotatable bonds is 5. The Morgan fingerprint density at radius 2 is 1.97 bits per heavy atom. The van der Waals surface area contributed by atoms with E-state index in [1.54, 1.807) is 50.2 Å². The van der Waals surface area contributed by atoms with Crippen LogP contribution in [0.15, 0.2) is 47.4 Å². The summed E-state index contributed by atoms with van der Waals surface area (Å²) in [4.78, 5) is 44.9. The number of hydrogen-bond donors (Lipinski definition) is 1. The van der Waals surface area contributed by atoms with Crippen LogP contribution in [0.5, 0.6) is 0 Å². The number of benzene rings is 1. The first-order valence-corrected chi connectivity index (χ1v) is 11.7. The van der Waals surface area contributed by atoms with Gasteiger partial charge in [-0.1, -0.05) is 29.0 Å². The molecule has 7 nitrogen and oxygen atoms in total. The average Bonchev–Trinajstić information content (AvgIpc) is 3.48. The number of nitrogens with zero attached hydrogens (tertiary/aromatic N) is 2. The molecule has 1 N–H and O–H groups in total. The molecule has 32 heavy (non-hydrogen) atoms. The Morgan fingerprint density at radius 3 is 2.59 bits per heavy atom. The van der Waals surface area contributed by atoms with E-state index in [0.717, 1.165) is 11.3 Å². The number of esters is 1. The van der Waals surface area contributed by atoms with E-state index in [9.17, 15) is 19.5 Å². The van der Waals surface area contributed by atoms with Crippen LogP contribution in [-0.4, -0.2) is 34.4 Å². The topological polar surface area (TPSA) is 96.8 Å². The van der Waals surface area contributed by atoms with Gasteiger partial charge in [-0.25, -0.2) is 9.78 Å². The van der Waals surface area contributed by atoms with E-state index in [1.165, 1.54) is 16.2 Å². The van der Waals surface area contributed by atoms with Crippen molar-refractivity contribution < 1.29 is 24.2 Å². The Kier molecular flexibility index (Phi) is 6.14. The summed E-state index contributed by atoms with van der Waals surface area (Å²) in [5.74, 6) is -2.51. The predicted octanol–water partition coefficient (Wildman–Crippen LogP) is 4.97. The highest BCUT2D eigenvalue weighted by atomic mass is 35.5. The fourth-order valence-corrected chi connectivity index (χ4v) is 5.32. The van der Waals surface area contributed by atoms with Gasteiger partial charge in [0.1, 0.15) is 16.7 Å². The number of thiophene rings is 1. The normalized spacial score (nSPS) is 17.7. The number of halogens is 1. The van der Waals surface area contributed by atoms with Gasteiger partial charge in [0.25, 0.3) is 5.78 Å². The number of thiazole rings is 1. The number of aliphatic hydroxyl groups excluding tert-OH is 1. The number of amides is 1. The highest BCUT2D eigenvalue weighted by Crippen LogP contribution is 2.45. The molecule has 1 atom stereocenters.